The van der Waals surface area contributed by atoms with Crippen LogP contribution in [-0.4, -0.2) is 29.6 Å². The van der Waals surface area contributed by atoms with Gasteiger partial charge in [0.05, 0.1) is 6.04 Å². The summed E-state index contributed by atoms with van der Waals surface area (Å²) in [5.41, 5.74) is 0. The van der Waals surface area contributed by atoms with E-state index in [-0.39, 0.29) is 29.3 Å². The van der Waals surface area contributed by atoms with Crippen LogP contribution in [-0.2, 0) is 4.79 Å². The van der Waals surface area contributed by atoms with Crippen molar-refractivity contribution in [2.75, 3.05) is 11.9 Å². The average Bonchev–Trinajstić information content (AvgIpc) is 2.70. The highest BCUT2D eigenvalue weighted by molar-refractivity contribution is 9.10. The number of hydrogen-bond donors (Lipinski definition) is 2. The van der Waals surface area contributed by atoms with Gasteiger partial charge in [0.25, 0.3) is 0 Å². The zero-order chi connectivity index (χ0) is 12.4. The zero-order valence-corrected chi connectivity index (χ0v) is 10.3. The zero-order valence-electron chi connectivity index (χ0n) is 8.71. The van der Waals surface area contributed by atoms with Crippen molar-refractivity contribution in [1.29, 1.82) is 0 Å². The van der Waals surface area contributed by atoms with E-state index in [1.807, 2.05) is 0 Å². The number of nitrogens with zero attached hydrogens (tertiary/aromatic N) is 1. The van der Waals surface area contributed by atoms with E-state index in [1.54, 1.807) is 0 Å². The molecule has 92 valence electrons. The molecule has 1 aliphatic rings. The van der Waals surface area contributed by atoms with Gasteiger partial charge in [-0.05, 0) is 28.1 Å². The number of anilines is 1. The van der Waals surface area contributed by atoms with Crippen molar-refractivity contribution >= 4 is 27.7 Å². The van der Waals surface area contributed by atoms with Crippen LogP contribution < -0.4 is 10.6 Å². The number of amides is 1. The largest absolute Gasteiger partial charge is 0.309 e. The molecule has 1 aromatic heterocycles. The predicted molar refractivity (Wildman–Crippen MR) is 61.8 cm³/mol. The third-order valence-electron chi connectivity index (χ3n) is 2.45. The Balaban J connectivity index is 2.00. The van der Waals surface area contributed by atoms with Gasteiger partial charge in [-0.3, -0.25) is 4.79 Å². The summed E-state index contributed by atoms with van der Waals surface area (Å²) in [6.45, 7) is 0.179. The maximum atomic E-state index is 12.9. The first-order valence-corrected chi connectivity index (χ1v) is 5.86. The molecule has 2 unspecified atom stereocenters. The van der Waals surface area contributed by atoms with Crippen LogP contribution >= 0.6 is 15.9 Å². The lowest BCUT2D eigenvalue weighted by molar-refractivity contribution is -0.117. The molecule has 0 radical (unpaired) electrons. The fraction of sp³-hybridized carbons (Fsp3) is 0.400. The molecule has 0 aromatic carbocycles. The van der Waals surface area contributed by atoms with Crippen LogP contribution in [0.4, 0.5) is 14.6 Å². The number of carbonyl (C=O) groups is 1. The molecule has 0 bridgehead atoms. The molecule has 0 spiro atoms. The van der Waals surface area contributed by atoms with Crippen molar-refractivity contribution in [1.82, 2.24) is 10.3 Å². The summed E-state index contributed by atoms with van der Waals surface area (Å²) in [7, 11) is 0. The summed E-state index contributed by atoms with van der Waals surface area (Å²) in [5, 5.41) is 5.25. The van der Waals surface area contributed by atoms with Gasteiger partial charge in [-0.2, -0.15) is 0 Å². The molecule has 2 heterocycles. The summed E-state index contributed by atoms with van der Waals surface area (Å²) in [5.74, 6) is -0.644. The first kappa shape index (κ1) is 12.4. The Hall–Kier alpha value is -1.08. The highest BCUT2D eigenvalue weighted by Crippen LogP contribution is 2.16. The number of pyridine rings is 1. The molecule has 1 aromatic rings. The number of aromatic nitrogens is 1. The number of rotatable bonds is 2. The molecule has 0 saturated carbocycles. The van der Waals surface area contributed by atoms with Gasteiger partial charge in [0.2, 0.25) is 5.91 Å². The molecule has 2 N–H and O–H groups in total. The van der Waals surface area contributed by atoms with Crippen LogP contribution in [0.5, 0.6) is 0 Å². The second-order valence-corrected chi connectivity index (χ2v) is 4.50. The number of halogens is 3. The lowest BCUT2D eigenvalue weighted by Crippen LogP contribution is -2.35. The predicted octanol–water partition coefficient (Wildman–Crippen LogP) is 1.62. The van der Waals surface area contributed by atoms with Crippen molar-refractivity contribution in [3.8, 4) is 0 Å². The Morgan fingerprint density at radius 1 is 1.59 bits per heavy atom. The third-order valence-corrected chi connectivity index (χ3v) is 3.00. The summed E-state index contributed by atoms with van der Waals surface area (Å²) >= 11 is 2.92. The van der Waals surface area contributed by atoms with Gasteiger partial charge in [0, 0.05) is 13.0 Å². The highest BCUT2D eigenvalue weighted by atomic mass is 79.9. The molecule has 1 saturated heterocycles. The van der Waals surface area contributed by atoms with E-state index in [4.69, 9.17) is 0 Å². The number of hydrogen-bond acceptors (Lipinski definition) is 3. The fourth-order valence-electron chi connectivity index (χ4n) is 1.59. The lowest BCUT2D eigenvalue weighted by atomic mass is 10.2. The van der Waals surface area contributed by atoms with Crippen molar-refractivity contribution in [2.45, 2.75) is 18.6 Å². The maximum Gasteiger partial charge on any atom is 0.242 e. The molecule has 1 fully saturated rings. The van der Waals surface area contributed by atoms with Gasteiger partial charge in [0.1, 0.15) is 16.6 Å². The molecule has 17 heavy (non-hydrogen) atoms. The molecular formula is C10H10BrF2N3O. The van der Waals surface area contributed by atoms with Gasteiger partial charge in [-0.1, -0.05) is 0 Å². The van der Waals surface area contributed by atoms with E-state index in [0.717, 1.165) is 0 Å². The normalized spacial score (nSPS) is 23.7. The van der Waals surface area contributed by atoms with Crippen LogP contribution in [0.1, 0.15) is 6.42 Å². The maximum absolute atomic E-state index is 12.9. The van der Waals surface area contributed by atoms with Gasteiger partial charge in [-0.25, -0.2) is 13.8 Å². The minimum atomic E-state index is -1.00. The van der Waals surface area contributed by atoms with Crippen molar-refractivity contribution in [2.24, 2.45) is 0 Å². The third kappa shape index (κ3) is 2.98. The number of carbonyl (C=O) groups excluding carboxylic acids is 1. The van der Waals surface area contributed by atoms with E-state index in [2.05, 4.69) is 31.5 Å². The van der Waals surface area contributed by atoms with E-state index in [9.17, 15) is 13.6 Å². The number of alkyl halides is 1. The summed E-state index contributed by atoms with van der Waals surface area (Å²) in [6.07, 6.45) is -0.854. The smallest absolute Gasteiger partial charge is 0.242 e. The minimum Gasteiger partial charge on any atom is -0.309 e. The summed E-state index contributed by atoms with van der Waals surface area (Å²) < 4.78 is 25.8. The Labute approximate surface area is 105 Å². The minimum absolute atomic E-state index is 0.0260. The average molecular weight is 306 g/mol. The SMILES string of the molecule is O=C(Nc1ccc(F)c(Br)n1)C1CC(F)CN1. The molecule has 0 aliphatic carbocycles. The monoisotopic (exact) mass is 305 g/mol. The van der Waals surface area contributed by atoms with E-state index < -0.39 is 18.0 Å². The summed E-state index contributed by atoms with van der Waals surface area (Å²) in [6, 6.07) is 1.97. The molecule has 4 nitrogen and oxygen atoms in total. The fourth-order valence-corrected chi connectivity index (χ4v) is 1.92. The van der Waals surface area contributed by atoms with Crippen molar-refractivity contribution in [3.63, 3.8) is 0 Å². The first-order valence-electron chi connectivity index (χ1n) is 5.06. The van der Waals surface area contributed by atoms with Crippen LogP contribution in [0.3, 0.4) is 0 Å². The molecule has 2 atom stereocenters. The standard InChI is InChI=1S/C10H10BrF2N3O/c11-9-6(13)1-2-8(15-9)16-10(17)7-3-5(12)4-14-7/h1-2,5,7,14H,3-4H2,(H,15,16,17). The molecule has 7 heteroatoms. The highest BCUT2D eigenvalue weighted by Gasteiger charge is 2.29. The Morgan fingerprint density at radius 3 is 2.94 bits per heavy atom. The van der Waals surface area contributed by atoms with E-state index >= 15 is 0 Å². The van der Waals surface area contributed by atoms with Crippen molar-refractivity contribution < 1.29 is 13.6 Å². The second kappa shape index (κ2) is 5.05. The first-order chi connectivity index (χ1) is 8.06. The van der Waals surface area contributed by atoms with Gasteiger partial charge in [-0.15, -0.1) is 0 Å². The van der Waals surface area contributed by atoms with E-state index in [1.165, 1.54) is 12.1 Å². The second-order valence-electron chi connectivity index (χ2n) is 3.75. The van der Waals surface area contributed by atoms with Crippen LogP contribution in [0.25, 0.3) is 0 Å². The van der Waals surface area contributed by atoms with E-state index in [0.29, 0.717) is 0 Å². The Bertz CT molecular complexity index is 444. The Kier molecular flexibility index (Phi) is 3.68. The quantitative estimate of drug-likeness (QED) is 0.817. The van der Waals surface area contributed by atoms with Crippen LogP contribution in [0.2, 0.25) is 0 Å². The topological polar surface area (TPSA) is 54.0 Å². The molecule has 2 rings (SSSR count). The van der Waals surface area contributed by atoms with Gasteiger partial charge < -0.3 is 10.6 Å². The van der Waals surface area contributed by atoms with Crippen LogP contribution in [0, 0.1) is 5.82 Å². The lowest BCUT2D eigenvalue weighted by Gasteiger charge is -2.10. The molecule has 1 aliphatic heterocycles. The summed E-state index contributed by atoms with van der Waals surface area (Å²) in [4.78, 5) is 15.5. The van der Waals surface area contributed by atoms with Gasteiger partial charge in [0.15, 0.2) is 5.82 Å². The molecule has 1 amide bonds. The molecular weight excluding hydrogens is 296 g/mol. The van der Waals surface area contributed by atoms with Crippen LogP contribution in [0.15, 0.2) is 16.7 Å². The number of nitrogens with one attached hydrogen (secondary N) is 2. The Morgan fingerprint density at radius 2 is 2.35 bits per heavy atom. The van der Waals surface area contributed by atoms with Gasteiger partial charge >= 0.3 is 0 Å². The van der Waals surface area contributed by atoms with Crippen molar-refractivity contribution in [3.05, 3.63) is 22.6 Å².